The number of amides is 2. The molecular formula is C21H23N3O2. The molecule has 5 nitrogen and oxygen atoms in total. The van der Waals surface area contributed by atoms with Crippen LogP contribution in [0.25, 0.3) is 0 Å². The fraction of sp³-hybridized carbons (Fsp3) is 0.333. The first-order valence-corrected chi connectivity index (χ1v) is 9.07. The first-order chi connectivity index (χ1) is 12.6. The van der Waals surface area contributed by atoms with Crippen LogP contribution in [0.2, 0.25) is 0 Å². The standard InChI is InChI=1S/C21H23N3O2/c1-16-7-9-17(10-8-16)19-15-21(26-23-19)11-13-24(14-12-21)20(25)22-18-5-3-2-4-6-18/h2-10H,11-15H2,1H3,(H,22,25). The molecule has 0 aliphatic carbocycles. The summed E-state index contributed by atoms with van der Waals surface area (Å²) >= 11 is 0. The minimum atomic E-state index is -0.260. The number of oxime groups is 1. The van der Waals surface area contributed by atoms with Crippen LogP contribution in [-0.4, -0.2) is 35.3 Å². The average Bonchev–Trinajstić information content (AvgIpc) is 3.07. The minimum Gasteiger partial charge on any atom is -0.388 e. The molecule has 2 aliphatic heterocycles. The molecule has 0 radical (unpaired) electrons. The van der Waals surface area contributed by atoms with Crippen molar-refractivity contribution in [2.24, 2.45) is 5.16 Å². The van der Waals surface area contributed by atoms with Crippen LogP contribution in [0.5, 0.6) is 0 Å². The Morgan fingerprint density at radius 1 is 1.08 bits per heavy atom. The summed E-state index contributed by atoms with van der Waals surface area (Å²) in [5, 5.41) is 7.30. The number of likely N-dealkylation sites (tertiary alicyclic amines) is 1. The van der Waals surface area contributed by atoms with Crippen molar-refractivity contribution in [2.45, 2.75) is 31.8 Å². The van der Waals surface area contributed by atoms with Crippen molar-refractivity contribution < 1.29 is 9.63 Å². The van der Waals surface area contributed by atoms with E-state index in [0.29, 0.717) is 13.1 Å². The molecule has 1 fully saturated rings. The summed E-state index contributed by atoms with van der Waals surface area (Å²) < 4.78 is 0. The minimum absolute atomic E-state index is 0.0521. The van der Waals surface area contributed by atoms with Crippen LogP contribution in [0, 0.1) is 6.92 Å². The highest BCUT2D eigenvalue weighted by Gasteiger charge is 2.43. The van der Waals surface area contributed by atoms with Crippen LogP contribution in [0.15, 0.2) is 59.8 Å². The lowest BCUT2D eigenvalue weighted by atomic mass is 9.85. The molecule has 2 aromatic carbocycles. The number of urea groups is 1. The van der Waals surface area contributed by atoms with Crippen molar-refractivity contribution in [1.29, 1.82) is 0 Å². The molecule has 0 bridgehead atoms. The zero-order valence-corrected chi connectivity index (χ0v) is 14.9. The number of anilines is 1. The molecule has 2 aromatic rings. The van der Waals surface area contributed by atoms with Gasteiger partial charge in [0.25, 0.3) is 0 Å². The maximum atomic E-state index is 12.4. The number of piperidine rings is 1. The van der Waals surface area contributed by atoms with Gasteiger partial charge in [0.15, 0.2) is 0 Å². The van der Waals surface area contributed by atoms with E-state index in [0.717, 1.165) is 36.2 Å². The van der Waals surface area contributed by atoms with Crippen molar-refractivity contribution in [1.82, 2.24) is 4.90 Å². The molecule has 26 heavy (non-hydrogen) atoms. The summed E-state index contributed by atoms with van der Waals surface area (Å²) in [6.45, 7) is 3.43. The number of nitrogens with one attached hydrogen (secondary N) is 1. The fourth-order valence-electron chi connectivity index (χ4n) is 3.53. The largest absolute Gasteiger partial charge is 0.388 e. The maximum absolute atomic E-state index is 12.4. The third-order valence-corrected chi connectivity index (χ3v) is 5.21. The Kier molecular flexibility index (Phi) is 4.37. The molecule has 134 valence electrons. The first-order valence-electron chi connectivity index (χ1n) is 9.07. The van der Waals surface area contributed by atoms with E-state index in [1.165, 1.54) is 5.56 Å². The lowest BCUT2D eigenvalue weighted by molar-refractivity contribution is -0.0544. The van der Waals surface area contributed by atoms with Gasteiger partial charge in [0, 0.05) is 38.0 Å². The number of hydrogen-bond acceptors (Lipinski definition) is 3. The molecule has 5 heteroatoms. The van der Waals surface area contributed by atoms with E-state index >= 15 is 0 Å². The predicted molar refractivity (Wildman–Crippen MR) is 102 cm³/mol. The van der Waals surface area contributed by atoms with Crippen molar-refractivity contribution in [3.05, 3.63) is 65.7 Å². The van der Waals surface area contributed by atoms with Gasteiger partial charge in [-0.2, -0.15) is 0 Å². The van der Waals surface area contributed by atoms with Crippen LogP contribution < -0.4 is 5.32 Å². The number of carbonyl (C=O) groups excluding carboxylic acids is 1. The summed E-state index contributed by atoms with van der Waals surface area (Å²) in [6, 6.07) is 17.9. The SMILES string of the molecule is Cc1ccc(C2=NOC3(CCN(C(=O)Nc4ccccc4)CC3)C2)cc1. The maximum Gasteiger partial charge on any atom is 0.321 e. The number of benzene rings is 2. The van der Waals surface area contributed by atoms with Gasteiger partial charge in [-0.15, -0.1) is 0 Å². The summed E-state index contributed by atoms with van der Waals surface area (Å²) in [4.78, 5) is 20.1. The van der Waals surface area contributed by atoms with Gasteiger partial charge < -0.3 is 15.1 Å². The number of rotatable bonds is 2. The zero-order valence-electron chi connectivity index (χ0n) is 14.9. The highest BCUT2D eigenvalue weighted by Crippen LogP contribution is 2.36. The van der Waals surface area contributed by atoms with Crippen molar-refractivity contribution >= 4 is 17.4 Å². The molecule has 0 saturated carbocycles. The van der Waals surface area contributed by atoms with Crippen LogP contribution in [0.1, 0.15) is 30.4 Å². The summed E-state index contributed by atoms with van der Waals surface area (Å²) in [6.07, 6.45) is 2.41. The molecule has 2 amide bonds. The van der Waals surface area contributed by atoms with Gasteiger partial charge in [0.05, 0.1) is 5.71 Å². The molecular weight excluding hydrogens is 326 g/mol. The van der Waals surface area contributed by atoms with Crippen molar-refractivity contribution in [3.8, 4) is 0 Å². The number of carbonyl (C=O) groups is 1. The van der Waals surface area contributed by atoms with Gasteiger partial charge in [0.2, 0.25) is 0 Å². The fourth-order valence-corrected chi connectivity index (χ4v) is 3.53. The summed E-state index contributed by atoms with van der Waals surface area (Å²) in [5.74, 6) is 0. The molecule has 1 saturated heterocycles. The van der Waals surface area contributed by atoms with Gasteiger partial charge in [-0.1, -0.05) is 53.2 Å². The summed E-state index contributed by atoms with van der Waals surface area (Å²) in [5.41, 5.74) is 3.92. The van der Waals surface area contributed by atoms with E-state index in [9.17, 15) is 4.79 Å². The van der Waals surface area contributed by atoms with Crippen LogP contribution in [0.3, 0.4) is 0 Å². The topological polar surface area (TPSA) is 53.9 Å². The van der Waals surface area contributed by atoms with E-state index in [1.54, 1.807) is 0 Å². The monoisotopic (exact) mass is 349 g/mol. The predicted octanol–water partition coefficient (Wildman–Crippen LogP) is 4.19. The lowest BCUT2D eigenvalue weighted by Gasteiger charge is -2.37. The summed E-state index contributed by atoms with van der Waals surface area (Å²) in [7, 11) is 0. The van der Waals surface area contributed by atoms with Gasteiger partial charge in [-0.3, -0.25) is 0 Å². The quantitative estimate of drug-likeness (QED) is 0.884. The zero-order chi connectivity index (χ0) is 18.0. The molecule has 2 heterocycles. The third-order valence-electron chi connectivity index (χ3n) is 5.21. The second kappa shape index (κ2) is 6.83. The van der Waals surface area contributed by atoms with Gasteiger partial charge >= 0.3 is 6.03 Å². The van der Waals surface area contributed by atoms with E-state index in [4.69, 9.17) is 4.84 Å². The van der Waals surface area contributed by atoms with E-state index in [2.05, 4.69) is 41.7 Å². The second-order valence-corrected chi connectivity index (χ2v) is 7.14. The molecule has 0 unspecified atom stereocenters. The van der Waals surface area contributed by atoms with Gasteiger partial charge in [0.1, 0.15) is 5.60 Å². The Morgan fingerprint density at radius 2 is 1.77 bits per heavy atom. The Balaban J connectivity index is 1.34. The number of aryl methyl sites for hydroxylation is 1. The smallest absolute Gasteiger partial charge is 0.321 e. The first kappa shape index (κ1) is 16.6. The number of para-hydroxylation sites is 1. The molecule has 1 N–H and O–H groups in total. The highest BCUT2D eigenvalue weighted by atomic mass is 16.7. The van der Waals surface area contributed by atoms with Crippen LogP contribution >= 0.6 is 0 Å². The second-order valence-electron chi connectivity index (χ2n) is 7.14. The van der Waals surface area contributed by atoms with E-state index in [1.807, 2.05) is 35.2 Å². The number of hydrogen-bond donors (Lipinski definition) is 1. The molecule has 2 aliphatic rings. The number of nitrogens with zero attached hydrogens (tertiary/aromatic N) is 2. The van der Waals surface area contributed by atoms with Crippen molar-refractivity contribution in [3.63, 3.8) is 0 Å². The Morgan fingerprint density at radius 3 is 2.46 bits per heavy atom. The molecule has 4 rings (SSSR count). The third kappa shape index (κ3) is 3.43. The van der Waals surface area contributed by atoms with Crippen molar-refractivity contribution in [2.75, 3.05) is 18.4 Å². The molecule has 0 atom stereocenters. The van der Waals surface area contributed by atoms with Gasteiger partial charge in [-0.25, -0.2) is 4.79 Å². The highest BCUT2D eigenvalue weighted by molar-refractivity contribution is 6.01. The Bertz CT molecular complexity index is 807. The van der Waals surface area contributed by atoms with E-state index in [-0.39, 0.29) is 11.6 Å². The lowest BCUT2D eigenvalue weighted by Crippen LogP contribution is -2.48. The van der Waals surface area contributed by atoms with E-state index < -0.39 is 0 Å². The molecule has 0 aromatic heterocycles. The van der Waals surface area contributed by atoms with Crippen LogP contribution in [0.4, 0.5) is 10.5 Å². The van der Waals surface area contributed by atoms with Crippen LogP contribution in [-0.2, 0) is 4.84 Å². The molecule has 1 spiro atoms. The Hall–Kier alpha value is -2.82. The normalized spacial score (nSPS) is 18.3. The Labute approximate surface area is 153 Å². The van der Waals surface area contributed by atoms with Gasteiger partial charge in [-0.05, 0) is 24.6 Å². The average molecular weight is 349 g/mol.